The molecule has 0 aromatic rings. The third-order valence-electron chi connectivity index (χ3n) is 16.5. The van der Waals surface area contributed by atoms with Gasteiger partial charge < -0.3 is 74.0 Å². The molecule has 0 aromatic heterocycles. The second-order valence-corrected chi connectivity index (χ2v) is 20.9. The van der Waals surface area contributed by atoms with Crippen LogP contribution in [0.4, 0.5) is 0 Å². The SMILES string of the molecule is C[C@@H]1O[C@@H](O[C@H]2[C@H](O[C@H]3CC[C@@]4(C)C(=CC[C@H]5[C@@H]6C[C@@H]7O[C@]8(CC[C@@](C)(COC(=O)C[C@@](C)(O)CC(=O)O)O8)C[C@@H]7[C@@]6(C)CC[C@@H]54)C3)O[C@H](CO)[C@@H](O)[C@@H]2O)[C@H](O)[C@H](O)[C@H]1O. The molecule has 7 fully saturated rings. The Balaban J connectivity index is 0.895. The lowest BCUT2D eigenvalue weighted by atomic mass is 9.47. The van der Waals surface area contributed by atoms with Gasteiger partial charge in [-0.05, 0) is 107 Å². The zero-order valence-corrected chi connectivity index (χ0v) is 36.0. The fourth-order valence-corrected chi connectivity index (χ4v) is 13.1. The molecule has 61 heavy (non-hydrogen) atoms. The molecule has 1 spiro atoms. The molecule has 0 bridgehead atoms. The molecule has 4 aliphatic heterocycles. The summed E-state index contributed by atoms with van der Waals surface area (Å²) in [6, 6.07) is 0. The van der Waals surface area contributed by atoms with Crippen molar-refractivity contribution in [1.82, 2.24) is 0 Å². The number of carboxylic acid groups (broad SMARTS) is 1. The number of carboxylic acids is 1. The Morgan fingerprint density at radius 2 is 1.62 bits per heavy atom. The van der Waals surface area contributed by atoms with Crippen molar-refractivity contribution >= 4 is 11.9 Å². The molecule has 0 radical (unpaired) electrons. The van der Waals surface area contributed by atoms with Crippen LogP contribution in [-0.2, 0) is 42.7 Å². The molecule has 8 aliphatic rings. The van der Waals surface area contributed by atoms with Crippen molar-refractivity contribution in [2.75, 3.05) is 13.2 Å². The zero-order chi connectivity index (χ0) is 44.0. The number of aliphatic hydroxyl groups is 7. The van der Waals surface area contributed by atoms with E-state index in [0.717, 1.165) is 38.5 Å². The van der Waals surface area contributed by atoms with E-state index in [2.05, 4.69) is 19.9 Å². The molecule has 0 amide bonds. The van der Waals surface area contributed by atoms with Crippen LogP contribution in [-0.4, -0.2) is 157 Å². The quantitative estimate of drug-likeness (QED) is 0.108. The summed E-state index contributed by atoms with van der Waals surface area (Å²) < 4.78 is 43.2. The first-order chi connectivity index (χ1) is 28.6. The Labute approximate surface area is 356 Å². The van der Waals surface area contributed by atoms with Gasteiger partial charge in [-0.2, -0.15) is 0 Å². The van der Waals surface area contributed by atoms with Crippen molar-refractivity contribution in [2.45, 2.75) is 202 Å². The van der Waals surface area contributed by atoms with Crippen LogP contribution in [0.1, 0.15) is 112 Å². The summed E-state index contributed by atoms with van der Waals surface area (Å²) in [5, 5.41) is 82.4. The second-order valence-electron chi connectivity index (χ2n) is 20.9. The smallest absolute Gasteiger partial charge is 0.308 e. The molecule has 346 valence electrons. The van der Waals surface area contributed by atoms with E-state index in [1.54, 1.807) is 0 Å². The van der Waals surface area contributed by atoms with Gasteiger partial charge in [0.2, 0.25) is 0 Å². The summed E-state index contributed by atoms with van der Waals surface area (Å²) in [4.78, 5) is 23.6. The van der Waals surface area contributed by atoms with Gasteiger partial charge in [-0.15, -0.1) is 0 Å². The highest BCUT2D eigenvalue weighted by Crippen LogP contribution is 2.70. The van der Waals surface area contributed by atoms with Crippen molar-refractivity contribution in [3.8, 4) is 0 Å². The maximum atomic E-state index is 12.6. The van der Waals surface area contributed by atoms with Crippen molar-refractivity contribution in [2.24, 2.45) is 34.5 Å². The van der Waals surface area contributed by atoms with Crippen LogP contribution in [0.25, 0.3) is 0 Å². The summed E-state index contributed by atoms with van der Waals surface area (Å²) in [5.74, 6) is -0.845. The molecule has 0 unspecified atom stereocenters. The topological polar surface area (TPSA) is 261 Å². The van der Waals surface area contributed by atoms with Crippen molar-refractivity contribution in [3.05, 3.63) is 11.6 Å². The molecule has 3 saturated carbocycles. The fraction of sp³-hybridized carbons (Fsp3) is 0.909. The number of hydrogen-bond donors (Lipinski definition) is 8. The van der Waals surface area contributed by atoms with E-state index in [1.165, 1.54) is 19.4 Å². The summed E-state index contributed by atoms with van der Waals surface area (Å²) in [5.41, 5.74) is -1.10. The standard InChI is InChI=1S/C44H68O17/c1-21-32(49)34(51)36(53)38(56-21)59-37-35(52)33(50)29(19-45)58-39(37)57-23-8-10-42(4)22(14-23)6-7-24-25(42)9-11-43(5)26(24)15-28-27(43)16-44(60-28)13-12-41(3,61-44)20-55-31(48)18-40(2,54)17-30(46)47/h6,21,23-29,32-39,45,49-54H,7-20H2,1-5H3,(H,46,47)/t21-,23-,24+,25-,26-,27-,28-,29+,32-,33+,34+,35-,36+,37+,38-,39+,40-,41-,42-,43-,44-/m0/s1. The Kier molecular flexibility index (Phi) is 12.4. The monoisotopic (exact) mass is 868 g/mol. The van der Waals surface area contributed by atoms with Gasteiger partial charge in [0.1, 0.15) is 54.9 Å². The summed E-state index contributed by atoms with van der Waals surface area (Å²) in [6.07, 6.45) is -4.22. The van der Waals surface area contributed by atoms with Gasteiger partial charge in [-0.1, -0.05) is 25.5 Å². The number of esters is 1. The van der Waals surface area contributed by atoms with Crippen LogP contribution < -0.4 is 0 Å². The van der Waals surface area contributed by atoms with Gasteiger partial charge in [0.05, 0.1) is 43.4 Å². The number of rotatable bonds is 11. The van der Waals surface area contributed by atoms with E-state index in [4.69, 9.17) is 38.3 Å². The predicted octanol–water partition coefficient (Wildman–Crippen LogP) is 1.43. The minimum atomic E-state index is -1.71. The summed E-state index contributed by atoms with van der Waals surface area (Å²) in [7, 11) is 0. The van der Waals surface area contributed by atoms with Crippen LogP contribution in [0.5, 0.6) is 0 Å². The van der Waals surface area contributed by atoms with Crippen LogP contribution in [0.3, 0.4) is 0 Å². The lowest BCUT2D eigenvalue weighted by Gasteiger charge is -2.58. The van der Waals surface area contributed by atoms with E-state index >= 15 is 0 Å². The average Bonchev–Trinajstić information content (AvgIpc) is 3.81. The number of fused-ring (bicyclic) bond motifs is 7. The molecular formula is C44H68O17. The Bertz CT molecular complexity index is 1680. The third kappa shape index (κ3) is 8.36. The van der Waals surface area contributed by atoms with E-state index in [9.17, 15) is 45.3 Å². The van der Waals surface area contributed by atoms with Crippen molar-refractivity contribution < 1.29 is 83.6 Å². The average molecular weight is 869 g/mol. The van der Waals surface area contributed by atoms with Crippen LogP contribution in [0.2, 0.25) is 0 Å². The first kappa shape index (κ1) is 45.7. The van der Waals surface area contributed by atoms with Gasteiger partial charge >= 0.3 is 11.9 Å². The first-order valence-corrected chi connectivity index (χ1v) is 22.4. The van der Waals surface area contributed by atoms with Gasteiger partial charge in [-0.3, -0.25) is 9.59 Å². The molecule has 17 heteroatoms. The lowest BCUT2D eigenvalue weighted by Crippen LogP contribution is -2.64. The van der Waals surface area contributed by atoms with E-state index in [-0.39, 0.29) is 29.6 Å². The van der Waals surface area contributed by atoms with Gasteiger partial charge in [0.25, 0.3) is 0 Å². The minimum absolute atomic E-state index is 0.00972. The molecule has 4 saturated heterocycles. The number of carbonyl (C=O) groups is 2. The van der Waals surface area contributed by atoms with E-state index in [1.807, 2.05) is 6.92 Å². The number of carbonyl (C=O) groups excluding carboxylic acids is 1. The van der Waals surface area contributed by atoms with Crippen LogP contribution in [0, 0.1) is 34.5 Å². The first-order valence-electron chi connectivity index (χ1n) is 22.4. The second kappa shape index (κ2) is 16.5. The summed E-state index contributed by atoms with van der Waals surface area (Å²) in [6.45, 7) is 8.98. The fourth-order valence-electron chi connectivity index (χ4n) is 13.1. The highest BCUT2D eigenvalue weighted by Gasteiger charge is 2.67. The highest BCUT2D eigenvalue weighted by molar-refractivity contribution is 5.73. The molecule has 8 rings (SSSR count). The Hall–Kier alpha value is -1.84. The van der Waals surface area contributed by atoms with Crippen molar-refractivity contribution in [3.63, 3.8) is 0 Å². The van der Waals surface area contributed by atoms with Gasteiger partial charge in [-0.25, -0.2) is 0 Å². The Morgan fingerprint density at radius 3 is 2.34 bits per heavy atom. The molecule has 21 atom stereocenters. The minimum Gasteiger partial charge on any atom is -0.481 e. The zero-order valence-electron chi connectivity index (χ0n) is 36.0. The number of hydrogen-bond acceptors (Lipinski definition) is 16. The largest absolute Gasteiger partial charge is 0.481 e. The molecular weight excluding hydrogens is 800 g/mol. The predicted molar refractivity (Wildman–Crippen MR) is 210 cm³/mol. The third-order valence-corrected chi connectivity index (χ3v) is 16.5. The van der Waals surface area contributed by atoms with E-state index in [0.29, 0.717) is 49.4 Å². The summed E-state index contributed by atoms with van der Waals surface area (Å²) >= 11 is 0. The number of ether oxygens (including phenoxy) is 7. The van der Waals surface area contributed by atoms with Gasteiger partial charge in [0, 0.05) is 12.8 Å². The molecule has 4 aliphatic carbocycles. The molecule has 0 aromatic carbocycles. The maximum Gasteiger partial charge on any atom is 0.308 e. The van der Waals surface area contributed by atoms with E-state index < -0.39 is 110 Å². The Morgan fingerprint density at radius 1 is 0.869 bits per heavy atom. The lowest BCUT2D eigenvalue weighted by molar-refractivity contribution is -0.369. The maximum absolute atomic E-state index is 12.6. The van der Waals surface area contributed by atoms with Crippen LogP contribution in [0.15, 0.2) is 11.6 Å². The number of aliphatic hydroxyl groups excluding tert-OH is 6. The van der Waals surface area contributed by atoms with Crippen molar-refractivity contribution in [1.29, 1.82) is 0 Å². The number of allylic oxidation sites excluding steroid dienone is 1. The molecule has 8 N–H and O–H groups in total. The number of aliphatic carboxylic acids is 1. The molecule has 17 nitrogen and oxygen atoms in total. The normalized spacial score (nSPS) is 51.4. The highest BCUT2D eigenvalue weighted by atomic mass is 16.8. The van der Waals surface area contributed by atoms with Crippen LogP contribution >= 0.6 is 0 Å². The molecule has 4 heterocycles. The van der Waals surface area contributed by atoms with Gasteiger partial charge in [0.15, 0.2) is 18.4 Å².